The van der Waals surface area contributed by atoms with Gasteiger partial charge in [-0.2, -0.15) is 10.5 Å². The van der Waals surface area contributed by atoms with Gasteiger partial charge in [-0.1, -0.05) is 52.0 Å². The van der Waals surface area contributed by atoms with Crippen LogP contribution in [0.3, 0.4) is 0 Å². The number of ether oxygens (including phenoxy) is 2. The summed E-state index contributed by atoms with van der Waals surface area (Å²) >= 11 is 1.33. The Labute approximate surface area is 175 Å². The molecule has 29 heavy (non-hydrogen) atoms. The second-order valence-electron chi connectivity index (χ2n) is 8.63. The molecule has 2 atom stereocenters. The maximum atomic E-state index is 13.4. The molecule has 0 bridgehead atoms. The summed E-state index contributed by atoms with van der Waals surface area (Å²) < 4.78 is 8.93. The fourth-order valence-electron chi connectivity index (χ4n) is 6.00. The number of nitriles is 2. The Morgan fingerprint density at radius 3 is 1.79 bits per heavy atom. The van der Waals surface area contributed by atoms with E-state index in [1.807, 2.05) is 58.0 Å². The smallest absolute Gasteiger partial charge is 0.330 e. The highest BCUT2D eigenvalue weighted by molar-refractivity contribution is 8.01. The van der Waals surface area contributed by atoms with Crippen LogP contribution < -0.4 is 0 Å². The van der Waals surface area contributed by atoms with Gasteiger partial charge in [0.1, 0.15) is 0 Å². The van der Waals surface area contributed by atoms with Crippen molar-refractivity contribution in [2.45, 2.75) is 43.3 Å². The first-order valence-electron chi connectivity index (χ1n) is 9.25. The first-order chi connectivity index (χ1) is 13.5. The fourth-order valence-corrected chi connectivity index (χ4v) is 8.30. The zero-order chi connectivity index (χ0) is 21.9. The number of methoxy groups -OCH3 is 2. The first kappa shape index (κ1) is 21.2. The van der Waals surface area contributed by atoms with E-state index >= 15 is 0 Å². The van der Waals surface area contributed by atoms with Crippen molar-refractivity contribution < 1.29 is 19.1 Å². The lowest BCUT2D eigenvalue weighted by atomic mass is 9.48. The molecule has 1 fully saturated rings. The molecule has 1 heterocycles. The van der Waals surface area contributed by atoms with Gasteiger partial charge in [0.25, 0.3) is 0 Å². The summed E-state index contributed by atoms with van der Waals surface area (Å²) in [6, 6.07) is 12.0. The molecule has 1 aromatic carbocycles. The fraction of sp³-hybridized carbons (Fsp3) is 0.545. The molecule has 1 aliphatic heterocycles. The van der Waals surface area contributed by atoms with Crippen molar-refractivity contribution in [3.8, 4) is 12.1 Å². The number of thioether (sulfide) groups is 1. The van der Waals surface area contributed by atoms with Gasteiger partial charge >= 0.3 is 11.9 Å². The lowest BCUT2D eigenvalue weighted by Gasteiger charge is -2.54. The Bertz CT molecular complexity index is 952. The van der Waals surface area contributed by atoms with E-state index in [9.17, 15) is 20.1 Å². The number of fused-ring (bicyclic) bond motifs is 1. The number of hydrogen-bond donors (Lipinski definition) is 0. The van der Waals surface area contributed by atoms with E-state index in [-0.39, 0.29) is 5.75 Å². The minimum Gasteiger partial charge on any atom is -0.468 e. The van der Waals surface area contributed by atoms with Gasteiger partial charge in [0, 0.05) is 16.6 Å². The highest BCUT2D eigenvalue weighted by Crippen LogP contribution is 2.77. The monoisotopic (exact) mass is 412 g/mol. The molecular formula is C22H24N2O4S. The van der Waals surface area contributed by atoms with E-state index in [0.717, 1.165) is 18.2 Å². The third-order valence-corrected chi connectivity index (χ3v) is 9.43. The van der Waals surface area contributed by atoms with Gasteiger partial charge in [0.05, 0.1) is 31.1 Å². The Morgan fingerprint density at radius 1 is 0.931 bits per heavy atom. The number of benzene rings is 1. The van der Waals surface area contributed by atoms with E-state index in [2.05, 4.69) is 6.07 Å². The summed E-state index contributed by atoms with van der Waals surface area (Å²) in [6.07, 6.45) is 0. The number of carbonyl (C=O) groups excluding carboxylic acids is 2. The minimum atomic E-state index is -2.08. The van der Waals surface area contributed by atoms with Crippen LogP contribution in [0.1, 0.15) is 38.8 Å². The Hall–Kier alpha value is -2.51. The molecule has 0 aromatic heterocycles. The highest BCUT2D eigenvalue weighted by Gasteiger charge is 2.86. The number of carbonyl (C=O) groups is 2. The van der Waals surface area contributed by atoms with E-state index in [0.29, 0.717) is 0 Å². The molecule has 1 spiro atoms. The molecule has 0 amide bonds. The van der Waals surface area contributed by atoms with Crippen molar-refractivity contribution >= 4 is 23.7 Å². The number of nitrogens with zero attached hydrogens (tertiary/aromatic N) is 2. The van der Waals surface area contributed by atoms with Crippen LogP contribution in [-0.2, 0) is 29.9 Å². The molecule has 152 valence electrons. The second-order valence-corrected chi connectivity index (χ2v) is 9.82. The number of rotatable bonds is 2. The summed E-state index contributed by atoms with van der Waals surface area (Å²) in [7, 11) is 2.34. The van der Waals surface area contributed by atoms with Crippen molar-refractivity contribution in [1.82, 2.24) is 0 Å². The predicted octanol–water partition coefficient (Wildman–Crippen LogP) is 3.11. The van der Waals surface area contributed by atoms with Gasteiger partial charge in [-0.15, -0.1) is 11.8 Å². The summed E-state index contributed by atoms with van der Waals surface area (Å²) in [5.74, 6) is -1.82. The Morgan fingerprint density at radius 2 is 1.41 bits per heavy atom. The first-order valence-corrected chi connectivity index (χ1v) is 10.2. The molecule has 1 aromatic rings. The van der Waals surface area contributed by atoms with Crippen molar-refractivity contribution in [3.63, 3.8) is 0 Å². The minimum absolute atomic E-state index is 0.0420. The average molecular weight is 413 g/mol. The van der Waals surface area contributed by atoms with Crippen LogP contribution in [0, 0.1) is 33.5 Å². The molecule has 6 nitrogen and oxygen atoms in total. The largest absolute Gasteiger partial charge is 0.468 e. The maximum Gasteiger partial charge on any atom is 0.330 e. The quantitative estimate of drug-likeness (QED) is 0.688. The van der Waals surface area contributed by atoms with Crippen molar-refractivity contribution in [3.05, 3.63) is 35.4 Å². The molecule has 7 heteroatoms. The molecule has 1 saturated heterocycles. The van der Waals surface area contributed by atoms with Gasteiger partial charge in [-0.05, 0) is 11.1 Å². The highest BCUT2D eigenvalue weighted by atomic mass is 32.2. The van der Waals surface area contributed by atoms with E-state index in [4.69, 9.17) is 9.47 Å². The SMILES string of the molecule is COC(=O)[C@@]1(C#N)CSC2(C(C)(C)c3ccccc3C2(C)C)[C@@]1(C#N)C(=O)OC. The molecule has 0 saturated carbocycles. The van der Waals surface area contributed by atoms with Crippen LogP contribution in [0.4, 0.5) is 0 Å². The summed E-state index contributed by atoms with van der Waals surface area (Å²) in [5.41, 5.74) is -3.56. The van der Waals surface area contributed by atoms with Gasteiger partial charge < -0.3 is 9.47 Å². The summed E-state index contributed by atoms with van der Waals surface area (Å²) in [5, 5.41) is 20.8. The van der Waals surface area contributed by atoms with Gasteiger partial charge in [0.15, 0.2) is 5.41 Å². The van der Waals surface area contributed by atoms with Crippen LogP contribution in [0.5, 0.6) is 0 Å². The van der Waals surface area contributed by atoms with Crippen molar-refractivity contribution in [2.75, 3.05) is 20.0 Å². The zero-order valence-electron chi connectivity index (χ0n) is 17.5. The molecule has 1 aliphatic carbocycles. The van der Waals surface area contributed by atoms with Crippen molar-refractivity contribution in [2.24, 2.45) is 10.8 Å². The van der Waals surface area contributed by atoms with Crippen LogP contribution in [0.2, 0.25) is 0 Å². The van der Waals surface area contributed by atoms with Gasteiger partial charge in [-0.25, -0.2) is 0 Å². The van der Waals surface area contributed by atoms with Crippen LogP contribution in [-0.4, -0.2) is 36.7 Å². The van der Waals surface area contributed by atoms with Crippen LogP contribution in [0.15, 0.2) is 24.3 Å². The van der Waals surface area contributed by atoms with E-state index in [1.54, 1.807) is 0 Å². The lowest BCUT2D eigenvalue weighted by Crippen LogP contribution is -2.68. The van der Waals surface area contributed by atoms with Gasteiger partial charge in [-0.3, -0.25) is 9.59 Å². The summed E-state index contributed by atoms with van der Waals surface area (Å²) in [4.78, 5) is 26.4. The third kappa shape index (κ3) is 1.92. The maximum absolute atomic E-state index is 13.4. The normalized spacial score (nSPS) is 30.1. The van der Waals surface area contributed by atoms with E-state index < -0.39 is 38.3 Å². The van der Waals surface area contributed by atoms with Gasteiger partial charge in [0.2, 0.25) is 5.41 Å². The molecule has 0 N–H and O–H groups in total. The Kier molecular flexibility index (Phi) is 4.56. The van der Waals surface area contributed by atoms with Crippen LogP contribution >= 0.6 is 11.8 Å². The van der Waals surface area contributed by atoms with E-state index in [1.165, 1.54) is 18.9 Å². The topological polar surface area (TPSA) is 100 Å². The molecular weight excluding hydrogens is 388 g/mol. The van der Waals surface area contributed by atoms with Crippen LogP contribution in [0.25, 0.3) is 0 Å². The number of hydrogen-bond acceptors (Lipinski definition) is 7. The second kappa shape index (κ2) is 6.24. The third-order valence-electron chi connectivity index (χ3n) is 7.09. The zero-order valence-corrected chi connectivity index (χ0v) is 18.3. The lowest BCUT2D eigenvalue weighted by molar-refractivity contribution is -0.170. The standard InChI is InChI=1S/C22H24N2O4S/c1-18(2)14-9-7-8-10-15(14)19(3,4)22(18)21(12-24,17(26)28-6)20(11-23,13-29-22)16(25)27-5/h7-10H,13H2,1-6H3/t20-,21+/m1/s1. The molecule has 0 radical (unpaired) electrons. The molecule has 0 unspecified atom stereocenters. The summed E-state index contributed by atoms with van der Waals surface area (Å²) in [6.45, 7) is 7.86. The van der Waals surface area contributed by atoms with Crippen molar-refractivity contribution in [1.29, 1.82) is 10.5 Å². The molecule has 2 aliphatic rings. The average Bonchev–Trinajstić information content (AvgIpc) is 3.12. The predicted molar refractivity (Wildman–Crippen MR) is 108 cm³/mol. The number of esters is 2. The molecule has 3 rings (SSSR count). The Balaban J connectivity index is 2.53.